The van der Waals surface area contributed by atoms with Crippen molar-refractivity contribution in [2.24, 2.45) is 5.92 Å². The minimum atomic E-state index is -1.53. The van der Waals surface area contributed by atoms with E-state index < -0.39 is 16.7 Å². The molecule has 0 bridgehead atoms. The number of nitrogens with zero attached hydrogens (tertiary/aromatic N) is 4. The average molecular weight is 626 g/mol. The van der Waals surface area contributed by atoms with E-state index in [0.717, 1.165) is 37.4 Å². The number of furan rings is 1. The number of carbonyl (C=O) groups is 1. The number of ketones is 1. The lowest BCUT2D eigenvalue weighted by Gasteiger charge is -2.30. The molecule has 2 unspecified atom stereocenters. The molecule has 6 rings (SSSR count). The number of fused-ring (bicyclic) bond motifs is 1. The van der Waals surface area contributed by atoms with Crippen LogP contribution >= 0.6 is 0 Å². The number of hydrogen-bond acceptors (Lipinski definition) is 9. The fourth-order valence-electron chi connectivity index (χ4n) is 5.43. The molecule has 1 aliphatic heterocycles. The lowest BCUT2D eigenvalue weighted by molar-refractivity contribution is 0.0937. The van der Waals surface area contributed by atoms with Crippen molar-refractivity contribution in [3.63, 3.8) is 0 Å². The molecule has 45 heavy (non-hydrogen) atoms. The Bertz CT molecular complexity index is 1860. The number of piperidine rings is 1. The van der Waals surface area contributed by atoms with E-state index in [1.807, 2.05) is 42.5 Å². The largest absolute Gasteiger partial charge is 0.606 e. The molecule has 4 heterocycles. The minimum Gasteiger partial charge on any atom is -0.606 e. The highest BCUT2D eigenvalue weighted by Crippen LogP contribution is 2.27. The van der Waals surface area contributed by atoms with Crippen LogP contribution in [0.1, 0.15) is 42.8 Å². The summed E-state index contributed by atoms with van der Waals surface area (Å²) in [6.45, 7) is 5.41. The van der Waals surface area contributed by atoms with Crippen molar-refractivity contribution in [2.75, 3.05) is 25.5 Å². The van der Waals surface area contributed by atoms with E-state index in [2.05, 4.69) is 27.2 Å². The zero-order valence-electron chi connectivity index (χ0n) is 25.4. The molecule has 1 aliphatic rings. The van der Waals surface area contributed by atoms with Crippen LogP contribution in [0.2, 0.25) is 0 Å². The van der Waals surface area contributed by atoms with Crippen LogP contribution in [0, 0.1) is 5.92 Å². The van der Waals surface area contributed by atoms with Gasteiger partial charge in [0.1, 0.15) is 17.5 Å². The Morgan fingerprint density at radius 3 is 2.67 bits per heavy atom. The normalized spacial score (nSPS) is 16.2. The molecular formula is C34H35N5O5S. The van der Waals surface area contributed by atoms with E-state index in [1.165, 1.54) is 10.8 Å². The van der Waals surface area contributed by atoms with Gasteiger partial charge in [-0.25, -0.2) is 4.98 Å². The average Bonchev–Trinajstić information content (AvgIpc) is 3.51. The first-order valence-electron chi connectivity index (χ1n) is 15.0. The van der Waals surface area contributed by atoms with Crippen LogP contribution in [0.25, 0.3) is 11.0 Å². The first kappa shape index (κ1) is 30.6. The highest BCUT2D eigenvalue weighted by atomic mass is 32.2. The first-order chi connectivity index (χ1) is 21.8. The maximum absolute atomic E-state index is 13.8. The van der Waals surface area contributed by atoms with E-state index in [1.54, 1.807) is 44.3 Å². The Hall–Kier alpha value is -4.45. The topological polar surface area (TPSA) is 126 Å². The van der Waals surface area contributed by atoms with Gasteiger partial charge in [-0.3, -0.25) is 14.2 Å². The van der Waals surface area contributed by atoms with Crippen LogP contribution < -0.4 is 15.6 Å². The maximum atomic E-state index is 13.8. The third kappa shape index (κ3) is 6.80. The summed E-state index contributed by atoms with van der Waals surface area (Å²) >= 11 is -1.53. The fourth-order valence-corrected chi connectivity index (χ4v) is 6.59. The summed E-state index contributed by atoms with van der Waals surface area (Å²) < 4.78 is 26.7. The van der Waals surface area contributed by atoms with Crippen molar-refractivity contribution in [3.05, 3.63) is 101 Å². The zero-order valence-corrected chi connectivity index (χ0v) is 26.3. The third-order valence-electron chi connectivity index (χ3n) is 7.77. The van der Waals surface area contributed by atoms with Crippen molar-refractivity contribution in [1.29, 1.82) is 0 Å². The van der Waals surface area contributed by atoms with Crippen molar-refractivity contribution >= 4 is 39.6 Å². The molecule has 3 aromatic heterocycles. The Kier molecular flexibility index (Phi) is 9.02. The summed E-state index contributed by atoms with van der Waals surface area (Å²) in [6, 6.07) is 19.8. The van der Waals surface area contributed by atoms with Gasteiger partial charge in [0.15, 0.2) is 16.4 Å². The van der Waals surface area contributed by atoms with Crippen LogP contribution in [0.15, 0.2) is 98.2 Å². The molecule has 5 aromatic rings. The summed E-state index contributed by atoms with van der Waals surface area (Å²) in [7, 11) is 2.10. The van der Waals surface area contributed by atoms with Gasteiger partial charge in [0.05, 0.1) is 18.4 Å². The summed E-state index contributed by atoms with van der Waals surface area (Å²) in [4.78, 5) is 39.4. The van der Waals surface area contributed by atoms with Gasteiger partial charge in [-0.2, -0.15) is 4.98 Å². The second-order valence-electron chi connectivity index (χ2n) is 11.5. The predicted octanol–water partition coefficient (Wildman–Crippen LogP) is 5.65. The highest BCUT2D eigenvalue weighted by molar-refractivity contribution is 7.91. The molecule has 0 spiro atoms. The quantitative estimate of drug-likeness (QED) is 0.155. The smallest absolute Gasteiger partial charge is 0.263 e. The molecule has 1 saturated heterocycles. The number of likely N-dealkylation sites (N-methyl/N-ethyl adjacent to an activating group) is 1. The lowest BCUT2D eigenvalue weighted by Crippen LogP contribution is -2.38. The summed E-state index contributed by atoms with van der Waals surface area (Å²) in [5.41, 5.74) is 0.592. The Balaban J connectivity index is 1.32. The first-order valence-corrected chi connectivity index (χ1v) is 16.1. The number of ether oxygens (including phenoxy) is 1. The molecule has 0 radical (unpaired) electrons. The van der Waals surface area contributed by atoms with Crippen molar-refractivity contribution in [2.45, 2.75) is 49.1 Å². The van der Waals surface area contributed by atoms with Crippen LogP contribution in [0.4, 0.5) is 11.6 Å². The molecule has 2 atom stereocenters. The van der Waals surface area contributed by atoms with Crippen molar-refractivity contribution in [1.82, 2.24) is 19.4 Å². The van der Waals surface area contributed by atoms with Crippen LogP contribution in [-0.4, -0.2) is 56.0 Å². The summed E-state index contributed by atoms with van der Waals surface area (Å²) in [5, 5.41) is 3.72. The van der Waals surface area contributed by atoms with E-state index in [-0.39, 0.29) is 35.9 Å². The molecule has 0 saturated carbocycles. The number of anilines is 2. The molecule has 1 N–H and O–H groups in total. The molecular weight excluding hydrogens is 590 g/mol. The molecule has 0 aliphatic carbocycles. The maximum Gasteiger partial charge on any atom is 0.263 e. The highest BCUT2D eigenvalue weighted by Gasteiger charge is 2.25. The number of likely N-dealkylation sites (tertiary alicyclic amines) is 1. The lowest BCUT2D eigenvalue weighted by atomic mass is 10.0. The summed E-state index contributed by atoms with van der Waals surface area (Å²) in [5.74, 6) is 0.726. The van der Waals surface area contributed by atoms with Gasteiger partial charge < -0.3 is 23.9 Å². The number of nitrogens with one attached hydrogen (secondary N) is 1. The fraction of sp³-hybridized carbons (Fsp3) is 0.294. The zero-order chi connectivity index (χ0) is 31.5. The van der Waals surface area contributed by atoms with E-state index in [0.29, 0.717) is 26.6 Å². The van der Waals surface area contributed by atoms with Gasteiger partial charge in [0, 0.05) is 47.0 Å². The van der Waals surface area contributed by atoms with Gasteiger partial charge in [-0.1, -0.05) is 32.0 Å². The Morgan fingerprint density at radius 2 is 1.93 bits per heavy atom. The number of pyridine rings is 1. The van der Waals surface area contributed by atoms with Crippen LogP contribution in [0.3, 0.4) is 0 Å². The molecule has 232 valence electrons. The van der Waals surface area contributed by atoms with Gasteiger partial charge in [0.25, 0.3) is 5.56 Å². The molecule has 1 fully saturated rings. The number of rotatable bonds is 10. The second-order valence-corrected chi connectivity index (χ2v) is 13.0. The van der Waals surface area contributed by atoms with Crippen molar-refractivity contribution in [3.8, 4) is 5.75 Å². The molecule has 11 heteroatoms. The Labute approximate surface area is 264 Å². The number of benzene rings is 2. The van der Waals surface area contributed by atoms with Gasteiger partial charge in [-0.15, -0.1) is 0 Å². The molecule has 2 aromatic carbocycles. The van der Waals surface area contributed by atoms with Gasteiger partial charge in [0.2, 0.25) is 10.8 Å². The molecule has 10 nitrogen and oxygen atoms in total. The molecule has 0 amide bonds. The monoisotopic (exact) mass is 625 g/mol. The standard InChI is InChI=1S/C34H35N5O5S/c1-22(2)31(40)28-18-23-19-35-34(36-24-11-13-25(14-12-24)44-26-8-7-16-38(3)20-26)37-32(23)39(33(28)41)21-29-30(15-17-43-29)45(42)27-9-5-4-6-10-27/h4-6,9-15,17-19,22,26H,7-8,16,20-21H2,1-3H3,(H,35,36,37). The minimum absolute atomic E-state index is 0.0406. The van der Waals surface area contributed by atoms with E-state index in [4.69, 9.17) is 9.15 Å². The third-order valence-corrected chi connectivity index (χ3v) is 9.24. The number of aromatic nitrogens is 3. The number of Topliss-reactive ketones (excluding diaryl/α,β-unsaturated/α-hetero) is 1. The number of carbonyl (C=O) groups excluding carboxylic acids is 1. The van der Waals surface area contributed by atoms with Crippen molar-refractivity contribution < 1.29 is 18.5 Å². The second kappa shape index (κ2) is 13.3. The van der Waals surface area contributed by atoms with Gasteiger partial charge in [-0.05, 0) is 68.9 Å². The van der Waals surface area contributed by atoms with E-state index in [9.17, 15) is 14.1 Å². The van der Waals surface area contributed by atoms with Crippen LogP contribution in [0.5, 0.6) is 5.75 Å². The SMILES string of the molecule is CC(C)C(=O)c1cc2cnc(Nc3ccc(OC4CCCN(C)C4)cc3)nc2n(Cc2occc2[S+]([O-])c2ccccc2)c1=O. The summed E-state index contributed by atoms with van der Waals surface area (Å²) in [6.07, 6.45) is 5.34. The van der Waals surface area contributed by atoms with Crippen LogP contribution in [-0.2, 0) is 17.7 Å². The predicted molar refractivity (Wildman–Crippen MR) is 173 cm³/mol. The number of hydrogen-bond donors (Lipinski definition) is 1. The van der Waals surface area contributed by atoms with Gasteiger partial charge >= 0.3 is 0 Å². The Morgan fingerprint density at radius 1 is 1.16 bits per heavy atom. The van der Waals surface area contributed by atoms with E-state index >= 15 is 0 Å².